The van der Waals surface area contributed by atoms with Crippen LogP contribution in [0.2, 0.25) is 0 Å². The number of carbonyl (C=O) groups excluding carboxylic acids is 1. The first kappa shape index (κ1) is 19.3. The molecule has 0 unspecified atom stereocenters. The van der Waals surface area contributed by atoms with E-state index in [1.54, 1.807) is 0 Å². The molecule has 1 amide bonds. The lowest BCUT2D eigenvalue weighted by atomic mass is 10.00. The summed E-state index contributed by atoms with van der Waals surface area (Å²) in [5, 5.41) is 8.05. The summed E-state index contributed by atoms with van der Waals surface area (Å²) in [5.74, 6) is 0.320. The van der Waals surface area contributed by atoms with Gasteiger partial charge >= 0.3 is 0 Å². The van der Waals surface area contributed by atoms with Crippen molar-refractivity contribution in [2.45, 2.75) is 19.8 Å². The normalized spacial score (nSPS) is 19.2. The van der Waals surface area contributed by atoms with Crippen molar-refractivity contribution >= 4 is 27.3 Å². The average Bonchev–Trinajstić information content (AvgIpc) is 3.15. The van der Waals surface area contributed by atoms with E-state index in [2.05, 4.69) is 32.1 Å². The number of ether oxygens (including phenoxy) is 1. The predicted octanol–water partition coefficient (Wildman–Crippen LogP) is 0.449. The number of rotatable bonds is 5. The Hall–Kier alpha value is -2.04. The van der Waals surface area contributed by atoms with Gasteiger partial charge in [-0.25, -0.2) is 4.98 Å². The number of hydrogen-bond donors (Lipinski definition) is 1. The minimum Gasteiger partial charge on any atom is -0.379 e. The van der Waals surface area contributed by atoms with Gasteiger partial charge in [-0.1, -0.05) is 18.3 Å². The number of hydrogen-bond acceptors (Lipinski definition) is 8. The molecule has 0 aromatic carbocycles. The summed E-state index contributed by atoms with van der Waals surface area (Å²) in [5.41, 5.74) is -0.384. The van der Waals surface area contributed by atoms with Crippen molar-refractivity contribution in [1.29, 1.82) is 0 Å². The zero-order valence-corrected chi connectivity index (χ0v) is 16.9. The van der Waals surface area contributed by atoms with E-state index >= 15 is 0 Å². The number of anilines is 1. The molecule has 0 aliphatic carbocycles. The highest BCUT2D eigenvalue weighted by atomic mass is 32.1. The SMILES string of the molecule is CC1CCN(c2nn3c(=O)c(C(=O)NCCN4CCOCC4)cnc3s2)CC1. The van der Waals surface area contributed by atoms with Crippen molar-refractivity contribution in [3.8, 4) is 0 Å². The second-order valence-corrected chi connectivity index (χ2v) is 8.37. The third kappa shape index (κ3) is 4.18. The number of nitrogens with one attached hydrogen (secondary N) is 1. The Balaban J connectivity index is 1.43. The summed E-state index contributed by atoms with van der Waals surface area (Å²) in [6, 6.07) is 0. The molecule has 2 aliphatic rings. The number of morpholine rings is 1. The maximum absolute atomic E-state index is 12.7. The Morgan fingerprint density at radius 3 is 2.79 bits per heavy atom. The topological polar surface area (TPSA) is 92.1 Å². The van der Waals surface area contributed by atoms with Crippen LogP contribution in [0.3, 0.4) is 0 Å². The van der Waals surface area contributed by atoms with Crippen molar-refractivity contribution in [2.75, 3.05) is 57.4 Å². The number of piperidine rings is 1. The quantitative estimate of drug-likeness (QED) is 0.771. The molecule has 4 heterocycles. The van der Waals surface area contributed by atoms with Crippen LogP contribution in [0.15, 0.2) is 11.0 Å². The third-order valence-electron chi connectivity index (χ3n) is 5.39. The van der Waals surface area contributed by atoms with Gasteiger partial charge in [-0.2, -0.15) is 4.52 Å². The molecule has 2 fully saturated rings. The molecular formula is C18H26N6O3S. The maximum Gasteiger partial charge on any atom is 0.288 e. The third-order valence-corrected chi connectivity index (χ3v) is 6.38. The molecule has 0 atom stereocenters. The van der Waals surface area contributed by atoms with Crippen LogP contribution in [0.4, 0.5) is 5.13 Å². The van der Waals surface area contributed by atoms with Crippen LogP contribution in [0.25, 0.3) is 4.96 Å². The molecule has 0 bridgehead atoms. The van der Waals surface area contributed by atoms with Gasteiger partial charge in [-0.15, -0.1) is 5.10 Å². The fourth-order valence-electron chi connectivity index (χ4n) is 3.51. The highest BCUT2D eigenvalue weighted by Gasteiger charge is 2.21. The van der Waals surface area contributed by atoms with Crippen LogP contribution in [-0.2, 0) is 4.74 Å². The summed E-state index contributed by atoms with van der Waals surface area (Å²) in [6.45, 7) is 8.51. The summed E-state index contributed by atoms with van der Waals surface area (Å²) < 4.78 is 6.57. The predicted molar refractivity (Wildman–Crippen MR) is 107 cm³/mol. The van der Waals surface area contributed by atoms with Crippen molar-refractivity contribution in [3.05, 3.63) is 22.1 Å². The molecule has 0 spiro atoms. The Bertz CT molecular complexity index is 883. The van der Waals surface area contributed by atoms with Crippen LogP contribution in [-0.4, -0.2) is 77.9 Å². The lowest BCUT2D eigenvalue weighted by molar-refractivity contribution is 0.0383. The van der Waals surface area contributed by atoms with E-state index in [1.807, 2.05) is 0 Å². The van der Waals surface area contributed by atoms with Gasteiger partial charge in [-0.3, -0.25) is 14.5 Å². The van der Waals surface area contributed by atoms with Crippen molar-refractivity contribution in [2.24, 2.45) is 5.92 Å². The van der Waals surface area contributed by atoms with Crippen LogP contribution in [0.5, 0.6) is 0 Å². The number of nitrogens with zero attached hydrogens (tertiary/aromatic N) is 5. The second kappa shape index (κ2) is 8.54. The number of amides is 1. The average molecular weight is 407 g/mol. The first-order valence-corrected chi connectivity index (χ1v) is 10.7. The molecule has 2 aliphatic heterocycles. The van der Waals surface area contributed by atoms with Gasteiger partial charge in [0.15, 0.2) is 0 Å². The molecule has 0 saturated carbocycles. The first-order valence-electron chi connectivity index (χ1n) is 9.84. The minimum atomic E-state index is -0.415. The van der Waals surface area contributed by atoms with Gasteiger partial charge in [0, 0.05) is 45.5 Å². The molecule has 152 valence electrons. The number of aromatic nitrogens is 3. The van der Waals surface area contributed by atoms with E-state index in [9.17, 15) is 9.59 Å². The molecular weight excluding hydrogens is 380 g/mol. The Morgan fingerprint density at radius 2 is 2.04 bits per heavy atom. The van der Waals surface area contributed by atoms with E-state index in [1.165, 1.54) is 22.0 Å². The number of carbonyl (C=O) groups is 1. The van der Waals surface area contributed by atoms with Gasteiger partial charge in [0.05, 0.1) is 13.2 Å². The molecule has 2 aromatic heterocycles. The summed E-state index contributed by atoms with van der Waals surface area (Å²) >= 11 is 1.39. The zero-order chi connectivity index (χ0) is 19.5. The Morgan fingerprint density at radius 1 is 1.29 bits per heavy atom. The van der Waals surface area contributed by atoms with Crippen molar-refractivity contribution < 1.29 is 9.53 Å². The number of fused-ring (bicyclic) bond motifs is 1. The standard InChI is InChI=1S/C18H26N6O3S/c1-13-2-5-23(6-3-13)18-21-24-16(26)14(12-20-17(24)28-18)15(25)19-4-7-22-8-10-27-11-9-22/h12-13H,2-11H2,1H3,(H,19,25). The highest BCUT2D eigenvalue weighted by Crippen LogP contribution is 2.26. The maximum atomic E-state index is 12.7. The molecule has 2 aromatic rings. The highest BCUT2D eigenvalue weighted by molar-refractivity contribution is 7.20. The Labute approximate surface area is 167 Å². The van der Waals surface area contributed by atoms with E-state index < -0.39 is 11.5 Å². The molecule has 9 nitrogen and oxygen atoms in total. The summed E-state index contributed by atoms with van der Waals surface area (Å²) in [4.78, 5) is 34.4. The van der Waals surface area contributed by atoms with Crippen LogP contribution >= 0.6 is 11.3 Å². The van der Waals surface area contributed by atoms with Crippen LogP contribution < -0.4 is 15.8 Å². The van der Waals surface area contributed by atoms with Crippen molar-refractivity contribution in [1.82, 2.24) is 24.8 Å². The van der Waals surface area contributed by atoms with E-state index in [0.29, 0.717) is 11.5 Å². The second-order valence-electron chi connectivity index (χ2n) is 7.44. The molecule has 10 heteroatoms. The van der Waals surface area contributed by atoms with Gasteiger partial charge < -0.3 is 15.0 Å². The Kier molecular flexibility index (Phi) is 5.88. The monoisotopic (exact) mass is 406 g/mol. The van der Waals surface area contributed by atoms with Gasteiger partial charge in [0.2, 0.25) is 10.1 Å². The molecule has 1 N–H and O–H groups in total. The summed E-state index contributed by atoms with van der Waals surface area (Å²) in [7, 11) is 0. The fraction of sp³-hybridized carbons (Fsp3) is 0.667. The largest absolute Gasteiger partial charge is 0.379 e. The fourth-order valence-corrected chi connectivity index (χ4v) is 4.42. The molecule has 28 heavy (non-hydrogen) atoms. The smallest absolute Gasteiger partial charge is 0.288 e. The zero-order valence-electron chi connectivity index (χ0n) is 16.1. The van der Waals surface area contributed by atoms with Gasteiger partial charge in [-0.05, 0) is 18.8 Å². The minimum absolute atomic E-state index is 0.0311. The molecule has 2 saturated heterocycles. The van der Waals surface area contributed by atoms with Crippen LogP contribution in [0, 0.1) is 5.92 Å². The molecule has 4 rings (SSSR count). The lowest BCUT2D eigenvalue weighted by Gasteiger charge is -2.29. The summed E-state index contributed by atoms with van der Waals surface area (Å²) in [6.07, 6.45) is 3.60. The first-order chi connectivity index (χ1) is 13.6. The van der Waals surface area contributed by atoms with E-state index in [4.69, 9.17) is 4.74 Å². The molecule has 0 radical (unpaired) electrons. The van der Waals surface area contributed by atoms with E-state index in [-0.39, 0.29) is 5.56 Å². The van der Waals surface area contributed by atoms with Gasteiger partial charge in [0.1, 0.15) is 5.56 Å². The van der Waals surface area contributed by atoms with Gasteiger partial charge in [0.25, 0.3) is 11.5 Å². The lowest BCUT2D eigenvalue weighted by Crippen LogP contribution is -2.42. The van der Waals surface area contributed by atoms with Crippen molar-refractivity contribution in [3.63, 3.8) is 0 Å². The van der Waals surface area contributed by atoms with Crippen LogP contribution in [0.1, 0.15) is 30.1 Å². The van der Waals surface area contributed by atoms with E-state index in [0.717, 1.165) is 69.8 Å².